The molecule has 1 atom stereocenters. The van der Waals surface area contributed by atoms with Gasteiger partial charge in [0.25, 0.3) is 0 Å². The summed E-state index contributed by atoms with van der Waals surface area (Å²) in [5, 5.41) is 3.20. The molecule has 0 saturated carbocycles. The summed E-state index contributed by atoms with van der Waals surface area (Å²) in [6.07, 6.45) is 0.200. The van der Waals surface area contributed by atoms with Gasteiger partial charge in [0.2, 0.25) is 0 Å². The predicted octanol–water partition coefficient (Wildman–Crippen LogP) is 0.900. The molecule has 1 aliphatic rings. The van der Waals surface area contributed by atoms with Gasteiger partial charge in [-0.3, -0.25) is 0 Å². The highest BCUT2D eigenvalue weighted by Crippen LogP contribution is 2.00. The van der Waals surface area contributed by atoms with Crippen molar-refractivity contribution in [3.8, 4) is 0 Å². The van der Waals surface area contributed by atoms with E-state index in [4.69, 9.17) is 9.47 Å². The summed E-state index contributed by atoms with van der Waals surface area (Å²) in [4.78, 5) is 0. The van der Waals surface area contributed by atoms with Gasteiger partial charge in [0, 0.05) is 17.6 Å². The second kappa shape index (κ2) is 5.70. The highest BCUT2D eigenvalue weighted by atomic mass is 79.9. The number of nitrogens with one attached hydrogen (secondary N) is 1. The number of ether oxygens (including phenoxy) is 2. The third-order valence-corrected chi connectivity index (χ3v) is 1.85. The summed E-state index contributed by atoms with van der Waals surface area (Å²) in [7, 11) is 0. The van der Waals surface area contributed by atoms with E-state index < -0.39 is 0 Å². The van der Waals surface area contributed by atoms with Gasteiger partial charge < -0.3 is 14.8 Å². The largest absolute Gasteiger partial charge is 0.376 e. The molecule has 0 amide bonds. The second-order valence-corrected chi connectivity index (χ2v) is 3.84. The van der Waals surface area contributed by atoms with Crippen molar-refractivity contribution in [1.82, 2.24) is 5.32 Å². The molecule has 0 spiro atoms. The molecular weight excluding hydrogens is 222 g/mol. The molecule has 0 aromatic carbocycles. The molecule has 1 fully saturated rings. The normalized spacial score (nSPS) is 23.9. The Bertz CT molecular complexity index is 146. The predicted molar refractivity (Wildman–Crippen MR) is 51.5 cm³/mol. The van der Waals surface area contributed by atoms with Crippen LogP contribution in [0.3, 0.4) is 0 Å². The first-order valence-electron chi connectivity index (χ1n) is 4.02. The Morgan fingerprint density at radius 1 is 1.58 bits per heavy atom. The monoisotopic (exact) mass is 235 g/mol. The number of hydrogen-bond acceptors (Lipinski definition) is 3. The van der Waals surface area contributed by atoms with E-state index in [1.54, 1.807) is 0 Å². The summed E-state index contributed by atoms with van der Waals surface area (Å²) in [5.41, 5.74) is 0. The average Bonchev–Trinajstić information content (AvgIpc) is 2.05. The molecule has 0 aliphatic carbocycles. The van der Waals surface area contributed by atoms with Crippen molar-refractivity contribution in [2.45, 2.75) is 6.10 Å². The van der Waals surface area contributed by atoms with Gasteiger partial charge in [0.15, 0.2) is 0 Å². The minimum Gasteiger partial charge on any atom is -0.376 e. The van der Waals surface area contributed by atoms with Crippen LogP contribution in [0.1, 0.15) is 0 Å². The van der Waals surface area contributed by atoms with Gasteiger partial charge in [-0.2, -0.15) is 0 Å². The van der Waals surface area contributed by atoms with Crippen molar-refractivity contribution in [2.24, 2.45) is 0 Å². The Labute approximate surface area is 81.2 Å². The molecule has 0 aromatic rings. The second-order valence-electron chi connectivity index (χ2n) is 2.72. The standard InChI is InChI=1S/C8H14BrNO2/c1-7(9)4-10-5-8-6-11-2-3-12-8/h8,10H,1-6H2. The molecule has 0 aromatic heterocycles. The number of rotatable bonds is 4. The van der Waals surface area contributed by atoms with Gasteiger partial charge in [-0.25, -0.2) is 0 Å². The third kappa shape index (κ3) is 4.21. The molecule has 0 radical (unpaired) electrons. The van der Waals surface area contributed by atoms with Crippen molar-refractivity contribution in [3.63, 3.8) is 0 Å². The molecule has 1 saturated heterocycles. The molecule has 1 N–H and O–H groups in total. The first-order valence-corrected chi connectivity index (χ1v) is 4.81. The molecule has 0 bridgehead atoms. The molecule has 3 nitrogen and oxygen atoms in total. The van der Waals surface area contributed by atoms with Crippen LogP contribution in [0.25, 0.3) is 0 Å². The van der Waals surface area contributed by atoms with Crippen LogP contribution in [-0.2, 0) is 9.47 Å². The lowest BCUT2D eigenvalue weighted by atomic mass is 10.3. The zero-order valence-electron chi connectivity index (χ0n) is 7.01. The zero-order valence-corrected chi connectivity index (χ0v) is 8.60. The van der Waals surface area contributed by atoms with E-state index in [0.29, 0.717) is 13.2 Å². The summed E-state index contributed by atoms with van der Waals surface area (Å²) in [6.45, 7) is 7.45. The van der Waals surface area contributed by atoms with Gasteiger partial charge in [0.05, 0.1) is 25.9 Å². The topological polar surface area (TPSA) is 30.5 Å². The lowest BCUT2D eigenvalue weighted by molar-refractivity contribution is -0.0860. The van der Waals surface area contributed by atoms with E-state index in [1.807, 2.05) is 0 Å². The number of hydrogen-bond donors (Lipinski definition) is 1. The lowest BCUT2D eigenvalue weighted by Gasteiger charge is -2.23. The van der Waals surface area contributed by atoms with Crippen LogP contribution in [0, 0.1) is 0 Å². The van der Waals surface area contributed by atoms with E-state index in [-0.39, 0.29) is 6.10 Å². The first-order chi connectivity index (χ1) is 5.79. The van der Waals surface area contributed by atoms with E-state index >= 15 is 0 Å². The maximum atomic E-state index is 5.43. The van der Waals surface area contributed by atoms with Crippen molar-refractivity contribution in [2.75, 3.05) is 32.9 Å². The molecule has 1 aliphatic heterocycles. The molecular formula is C8H14BrNO2. The van der Waals surface area contributed by atoms with Crippen LogP contribution in [-0.4, -0.2) is 39.0 Å². The van der Waals surface area contributed by atoms with Gasteiger partial charge in [-0.15, -0.1) is 0 Å². The number of halogens is 1. The van der Waals surface area contributed by atoms with Crippen LogP contribution in [0.15, 0.2) is 11.1 Å². The molecule has 1 heterocycles. The van der Waals surface area contributed by atoms with Crippen molar-refractivity contribution < 1.29 is 9.47 Å². The maximum Gasteiger partial charge on any atom is 0.0933 e. The smallest absolute Gasteiger partial charge is 0.0933 e. The van der Waals surface area contributed by atoms with Gasteiger partial charge in [-0.05, 0) is 0 Å². The Hall–Kier alpha value is 0.1000. The Kier molecular flexibility index (Phi) is 4.83. The van der Waals surface area contributed by atoms with E-state index in [9.17, 15) is 0 Å². The summed E-state index contributed by atoms with van der Waals surface area (Å²) in [5.74, 6) is 0. The minimum absolute atomic E-state index is 0.200. The van der Waals surface area contributed by atoms with Gasteiger partial charge >= 0.3 is 0 Å². The molecule has 4 heteroatoms. The van der Waals surface area contributed by atoms with Crippen LogP contribution in [0.5, 0.6) is 0 Å². The summed E-state index contributed by atoms with van der Waals surface area (Å²) in [6, 6.07) is 0. The quantitative estimate of drug-likeness (QED) is 0.786. The van der Waals surface area contributed by atoms with E-state index in [0.717, 1.165) is 24.2 Å². The fourth-order valence-corrected chi connectivity index (χ4v) is 1.22. The van der Waals surface area contributed by atoms with Crippen LogP contribution >= 0.6 is 15.9 Å². The third-order valence-electron chi connectivity index (χ3n) is 1.57. The Balaban J connectivity index is 2.01. The molecule has 1 rings (SSSR count). The Morgan fingerprint density at radius 3 is 3.00 bits per heavy atom. The molecule has 1 unspecified atom stereocenters. The van der Waals surface area contributed by atoms with Crippen LogP contribution < -0.4 is 5.32 Å². The highest BCUT2D eigenvalue weighted by Gasteiger charge is 2.12. The van der Waals surface area contributed by atoms with E-state index in [2.05, 4.69) is 27.8 Å². The maximum absolute atomic E-state index is 5.43. The summed E-state index contributed by atoms with van der Waals surface area (Å²) >= 11 is 3.27. The fraction of sp³-hybridized carbons (Fsp3) is 0.750. The van der Waals surface area contributed by atoms with Gasteiger partial charge in [-0.1, -0.05) is 22.5 Å². The lowest BCUT2D eigenvalue weighted by Crippen LogP contribution is -2.37. The first kappa shape index (κ1) is 10.2. The van der Waals surface area contributed by atoms with Gasteiger partial charge in [0.1, 0.15) is 0 Å². The fourth-order valence-electron chi connectivity index (χ4n) is 1.02. The summed E-state index contributed by atoms with van der Waals surface area (Å²) < 4.78 is 11.6. The zero-order chi connectivity index (χ0) is 8.81. The highest BCUT2D eigenvalue weighted by molar-refractivity contribution is 9.11. The SMILES string of the molecule is C=C(Br)CNCC1COCCO1. The van der Waals surface area contributed by atoms with Crippen LogP contribution in [0.4, 0.5) is 0 Å². The van der Waals surface area contributed by atoms with Crippen molar-refractivity contribution in [1.29, 1.82) is 0 Å². The van der Waals surface area contributed by atoms with Crippen LogP contribution in [0.2, 0.25) is 0 Å². The molecule has 70 valence electrons. The Morgan fingerprint density at radius 2 is 2.42 bits per heavy atom. The van der Waals surface area contributed by atoms with Crippen molar-refractivity contribution in [3.05, 3.63) is 11.1 Å². The average molecular weight is 236 g/mol. The minimum atomic E-state index is 0.200. The van der Waals surface area contributed by atoms with E-state index in [1.165, 1.54) is 0 Å². The van der Waals surface area contributed by atoms with Crippen molar-refractivity contribution >= 4 is 15.9 Å². The molecule has 12 heavy (non-hydrogen) atoms.